The van der Waals surface area contributed by atoms with Gasteiger partial charge in [-0.15, -0.1) is 0 Å². The van der Waals surface area contributed by atoms with Crippen LogP contribution in [0.3, 0.4) is 0 Å². The molecule has 2 aromatic rings. The molecular weight excluding hydrogens is 333 g/mol. The molecule has 0 aliphatic carbocycles. The predicted octanol–water partition coefficient (Wildman–Crippen LogP) is 2.61. The van der Waals surface area contributed by atoms with Crippen LogP contribution in [-0.2, 0) is 13.1 Å². The lowest BCUT2D eigenvalue weighted by Gasteiger charge is -2.12. The Hall–Kier alpha value is -1.69. The zero-order valence-electron chi connectivity index (χ0n) is 13.1. The van der Waals surface area contributed by atoms with E-state index in [4.69, 9.17) is 23.8 Å². The smallest absolute Gasteiger partial charge is 0.171 e. The zero-order valence-corrected chi connectivity index (χ0v) is 14.7. The standard InChI is InChI=1S/C17H19ClFN3S/c1-22(2)11-13-5-3-12(4-6-13)10-20-17(23)21-14-7-8-16(19)15(18)9-14/h3-9H,10-11H2,1-2H3,(H2,20,21,23)/p+1. The van der Waals surface area contributed by atoms with Gasteiger partial charge in [-0.05, 0) is 36.0 Å². The number of halogens is 2. The first-order valence-electron chi connectivity index (χ1n) is 7.31. The highest BCUT2D eigenvalue weighted by molar-refractivity contribution is 7.80. The van der Waals surface area contributed by atoms with Gasteiger partial charge in [0.05, 0.1) is 19.1 Å². The van der Waals surface area contributed by atoms with Crippen molar-refractivity contribution in [2.24, 2.45) is 0 Å². The molecule has 23 heavy (non-hydrogen) atoms. The summed E-state index contributed by atoms with van der Waals surface area (Å²) >= 11 is 11.0. The van der Waals surface area contributed by atoms with Crippen LogP contribution in [-0.4, -0.2) is 19.2 Å². The van der Waals surface area contributed by atoms with Gasteiger partial charge in [-0.3, -0.25) is 0 Å². The highest BCUT2D eigenvalue weighted by atomic mass is 35.5. The maximum Gasteiger partial charge on any atom is 0.171 e. The third-order valence-corrected chi connectivity index (χ3v) is 3.75. The Balaban J connectivity index is 1.85. The molecule has 3 nitrogen and oxygen atoms in total. The first-order valence-corrected chi connectivity index (χ1v) is 8.09. The fourth-order valence-electron chi connectivity index (χ4n) is 2.11. The van der Waals surface area contributed by atoms with E-state index in [1.807, 2.05) is 0 Å². The van der Waals surface area contributed by atoms with Crippen molar-refractivity contribution in [3.63, 3.8) is 0 Å². The molecule has 3 N–H and O–H groups in total. The summed E-state index contributed by atoms with van der Waals surface area (Å²) in [6.45, 7) is 1.62. The van der Waals surface area contributed by atoms with Crippen LogP contribution in [0.4, 0.5) is 10.1 Å². The molecule has 0 atom stereocenters. The van der Waals surface area contributed by atoms with Crippen molar-refractivity contribution in [3.05, 3.63) is 64.4 Å². The van der Waals surface area contributed by atoms with Crippen LogP contribution >= 0.6 is 23.8 Å². The molecule has 0 amide bonds. The van der Waals surface area contributed by atoms with E-state index >= 15 is 0 Å². The average Bonchev–Trinajstić information content (AvgIpc) is 2.50. The van der Waals surface area contributed by atoms with Crippen LogP contribution in [0.15, 0.2) is 42.5 Å². The highest BCUT2D eigenvalue weighted by Gasteiger charge is 2.03. The largest absolute Gasteiger partial charge is 0.358 e. The Morgan fingerprint density at radius 2 is 1.78 bits per heavy atom. The van der Waals surface area contributed by atoms with Crippen molar-refractivity contribution in [2.45, 2.75) is 13.1 Å². The quantitative estimate of drug-likeness (QED) is 0.722. The van der Waals surface area contributed by atoms with Crippen molar-refractivity contribution in [1.82, 2.24) is 5.32 Å². The van der Waals surface area contributed by atoms with E-state index < -0.39 is 5.82 Å². The molecule has 0 aliphatic rings. The second-order valence-corrected chi connectivity index (χ2v) is 6.45. The minimum Gasteiger partial charge on any atom is -0.358 e. The van der Waals surface area contributed by atoms with E-state index in [0.29, 0.717) is 17.3 Å². The number of rotatable bonds is 5. The van der Waals surface area contributed by atoms with Gasteiger partial charge in [-0.1, -0.05) is 35.9 Å². The van der Waals surface area contributed by atoms with E-state index in [1.54, 1.807) is 6.07 Å². The normalized spacial score (nSPS) is 10.7. The molecular formula is C17H20ClFN3S+. The molecule has 0 unspecified atom stereocenters. The molecule has 6 heteroatoms. The van der Waals surface area contributed by atoms with Gasteiger partial charge in [0.2, 0.25) is 0 Å². The van der Waals surface area contributed by atoms with Gasteiger partial charge in [0, 0.05) is 17.8 Å². The van der Waals surface area contributed by atoms with Gasteiger partial charge in [-0.2, -0.15) is 0 Å². The van der Waals surface area contributed by atoms with Gasteiger partial charge < -0.3 is 15.5 Å². The number of hydrogen-bond donors (Lipinski definition) is 3. The molecule has 0 fully saturated rings. The molecule has 2 rings (SSSR count). The highest BCUT2D eigenvalue weighted by Crippen LogP contribution is 2.19. The fourth-order valence-corrected chi connectivity index (χ4v) is 2.49. The number of anilines is 1. The Morgan fingerprint density at radius 1 is 1.13 bits per heavy atom. The number of nitrogens with one attached hydrogen (secondary N) is 3. The summed E-state index contributed by atoms with van der Waals surface area (Å²) in [5.41, 5.74) is 3.09. The summed E-state index contributed by atoms with van der Waals surface area (Å²) in [6.07, 6.45) is 0. The van der Waals surface area contributed by atoms with Crippen molar-refractivity contribution >= 4 is 34.6 Å². The number of quaternary nitrogens is 1. The molecule has 0 heterocycles. The fraction of sp³-hybridized carbons (Fsp3) is 0.235. The van der Waals surface area contributed by atoms with Crippen LogP contribution < -0.4 is 15.5 Å². The van der Waals surface area contributed by atoms with Crippen LogP contribution in [0.2, 0.25) is 5.02 Å². The molecule has 2 aromatic carbocycles. The molecule has 0 saturated heterocycles. The van der Waals surface area contributed by atoms with Crippen molar-refractivity contribution < 1.29 is 9.29 Å². The Labute approximate surface area is 146 Å². The monoisotopic (exact) mass is 352 g/mol. The molecule has 0 aliphatic heterocycles. The van der Waals surface area contributed by atoms with Gasteiger partial charge >= 0.3 is 0 Å². The Bertz CT molecular complexity index is 674. The Morgan fingerprint density at radius 3 is 2.39 bits per heavy atom. The minimum absolute atomic E-state index is 0.0661. The molecule has 0 radical (unpaired) electrons. The lowest BCUT2D eigenvalue weighted by Crippen LogP contribution is -3.04. The lowest BCUT2D eigenvalue weighted by molar-refractivity contribution is -0.872. The second-order valence-electron chi connectivity index (χ2n) is 5.64. The third kappa shape index (κ3) is 5.78. The SMILES string of the molecule is C[NH+](C)Cc1ccc(CNC(=S)Nc2ccc(F)c(Cl)c2)cc1. The second kappa shape index (κ2) is 8.24. The van der Waals surface area contributed by atoms with Gasteiger partial charge in [0.25, 0.3) is 0 Å². The summed E-state index contributed by atoms with van der Waals surface area (Å²) in [4.78, 5) is 1.39. The molecule has 0 bridgehead atoms. The first-order chi connectivity index (χ1) is 10.9. The van der Waals surface area contributed by atoms with Crippen molar-refractivity contribution in [2.75, 3.05) is 19.4 Å². The van der Waals surface area contributed by atoms with E-state index in [-0.39, 0.29) is 5.02 Å². The molecule has 0 spiro atoms. The van der Waals surface area contributed by atoms with E-state index in [0.717, 1.165) is 12.1 Å². The predicted molar refractivity (Wildman–Crippen MR) is 97.4 cm³/mol. The van der Waals surface area contributed by atoms with E-state index in [9.17, 15) is 4.39 Å². The van der Waals surface area contributed by atoms with Crippen LogP contribution in [0, 0.1) is 5.82 Å². The minimum atomic E-state index is -0.448. The zero-order chi connectivity index (χ0) is 16.8. The number of benzene rings is 2. The van der Waals surface area contributed by atoms with Gasteiger partial charge in [0.1, 0.15) is 12.4 Å². The summed E-state index contributed by atoms with van der Waals surface area (Å²) in [5, 5.41) is 6.64. The van der Waals surface area contributed by atoms with E-state index in [1.165, 1.54) is 22.6 Å². The number of thiocarbonyl (C=S) groups is 1. The topological polar surface area (TPSA) is 28.5 Å². The molecule has 0 aromatic heterocycles. The summed E-state index contributed by atoms with van der Waals surface area (Å²) in [6, 6.07) is 12.8. The Kier molecular flexibility index (Phi) is 6.33. The molecule has 0 saturated carbocycles. The van der Waals surface area contributed by atoms with Crippen LogP contribution in [0.5, 0.6) is 0 Å². The third-order valence-electron chi connectivity index (χ3n) is 3.21. The van der Waals surface area contributed by atoms with Crippen LogP contribution in [0.25, 0.3) is 0 Å². The van der Waals surface area contributed by atoms with Crippen molar-refractivity contribution in [3.8, 4) is 0 Å². The van der Waals surface area contributed by atoms with Gasteiger partial charge in [-0.25, -0.2) is 4.39 Å². The number of hydrogen-bond acceptors (Lipinski definition) is 1. The first kappa shape index (κ1) is 17.7. The van der Waals surface area contributed by atoms with E-state index in [2.05, 4.69) is 49.0 Å². The van der Waals surface area contributed by atoms with Crippen LogP contribution in [0.1, 0.15) is 11.1 Å². The van der Waals surface area contributed by atoms with Gasteiger partial charge in [0.15, 0.2) is 5.11 Å². The summed E-state index contributed by atoms with van der Waals surface area (Å²) in [5.74, 6) is -0.448. The maximum atomic E-state index is 13.1. The molecule has 122 valence electrons. The lowest BCUT2D eigenvalue weighted by atomic mass is 10.1. The summed E-state index contributed by atoms with van der Waals surface area (Å²) < 4.78 is 13.1. The summed E-state index contributed by atoms with van der Waals surface area (Å²) in [7, 11) is 4.25. The maximum absolute atomic E-state index is 13.1. The van der Waals surface area contributed by atoms with Crippen molar-refractivity contribution in [1.29, 1.82) is 0 Å². The average molecular weight is 353 g/mol.